The largest absolute Gasteiger partial charge is 0.351 e. The number of fused-ring (bicyclic) bond motifs is 1. The molecule has 13 heavy (non-hydrogen) atoms. The van der Waals surface area contributed by atoms with Crippen LogP contribution in [0.15, 0.2) is 0 Å². The zero-order valence-electron chi connectivity index (χ0n) is 7.68. The van der Waals surface area contributed by atoms with Crippen molar-refractivity contribution in [2.75, 3.05) is 6.54 Å². The van der Waals surface area contributed by atoms with E-state index in [9.17, 15) is 4.79 Å². The van der Waals surface area contributed by atoms with Crippen LogP contribution >= 0.6 is 0 Å². The van der Waals surface area contributed by atoms with Crippen LogP contribution in [0.1, 0.15) is 35.4 Å². The second-order valence-corrected chi connectivity index (χ2v) is 3.22. The molecule has 70 valence electrons. The van der Waals surface area contributed by atoms with Gasteiger partial charge in [-0.25, -0.2) is 4.98 Å². The Morgan fingerprint density at radius 2 is 2.38 bits per heavy atom. The molecule has 0 saturated carbocycles. The summed E-state index contributed by atoms with van der Waals surface area (Å²) < 4.78 is 0. The van der Waals surface area contributed by atoms with Gasteiger partial charge in [-0.05, 0) is 12.8 Å². The van der Waals surface area contributed by atoms with Crippen molar-refractivity contribution in [3.8, 4) is 0 Å². The van der Waals surface area contributed by atoms with Gasteiger partial charge in [-0.3, -0.25) is 4.79 Å². The quantitative estimate of drug-likeness (QED) is 0.665. The van der Waals surface area contributed by atoms with Crippen molar-refractivity contribution in [2.24, 2.45) is 0 Å². The molecule has 0 atom stereocenters. The fourth-order valence-electron chi connectivity index (χ4n) is 1.55. The molecule has 1 aromatic heterocycles. The van der Waals surface area contributed by atoms with Crippen molar-refractivity contribution >= 4 is 5.91 Å². The second-order valence-electron chi connectivity index (χ2n) is 3.22. The number of nitrogens with one attached hydrogen (secondary N) is 2. The van der Waals surface area contributed by atoms with E-state index in [2.05, 4.69) is 15.3 Å². The highest BCUT2D eigenvalue weighted by Crippen LogP contribution is 2.11. The molecule has 2 heterocycles. The molecular weight excluding hydrogens is 166 g/mol. The molecule has 1 aliphatic heterocycles. The number of carbonyl (C=O) groups excluding carboxylic acids is 1. The van der Waals surface area contributed by atoms with Crippen LogP contribution in [0.2, 0.25) is 0 Å². The first-order chi connectivity index (χ1) is 6.31. The average Bonchev–Trinajstić information content (AvgIpc) is 2.48. The molecule has 4 heteroatoms. The van der Waals surface area contributed by atoms with Gasteiger partial charge < -0.3 is 10.3 Å². The molecule has 2 rings (SSSR count). The van der Waals surface area contributed by atoms with E-state index >= 15 is 0 Å². The third kappa shape index (κ3) is 1.43. The fourth-order valence-corrected chi connectivity index (χ4v) is 1.55. The van der Waals surface area contributed by atoms with Crippen molar-refractivity contribution in [1.82, 2.24) is 15.3 Å². The smallest absolute Gasteiger partial charge is 0.271 e. The molecule has 0 bridgehead atoms. The molecule has 0 aromatic carbocycles. The van der Waals surface area contributed by atoms with Gasteiger partial charge in [-0.2, -0.15) is 0 Å². The number of imidazole rings is 1. The number of amides is 1. The standard InChI is InChI=1S/C9H13N3O/c1-2-7-11-6-4-3-5-10-9(13)8(6)12-7/h2-5H2,1H3,(H,10,13)(H,11,12). The van der Waals surface area contributed by atoms with Gasteiger partial charge >= 0.3 is 0 Å². The zero-order chi connectivity index (χ0) is 9.26. The molecule has 1 amide bonds. The number of nitrogens with zero attached hydrogens (tertiary/aromatic N) is 1. The number of carbonyl (C=O) groups is 1. The molecule has 0 fully saturated rings. The molecule has 4 nitrogen and oxygen atoms in total. The van der Waals surface area contributed by atoms with E-state index in [1.807, 2.05) is 6.92 Å². The lowest BCUT2D eigenvalue weighted by atomic mass is 10.2. The average molecular weight is 179 g/mol. The number of hydrogen-bond acceptors (Lipinski definition) is 2. The Hall–Kier alpha value is -1.32. The second kappa shape index (κ2) is 3.20. The zero-order valence-corrected chi connectivity index (χ0v) is 7.68. The van der Waals surface area contributed by atoms with E-state index in [0.29, 0.717) is 5.69 Å². The predicted octanol–water partition coefficient (Wildman–Crippen LogP) is 0.648. The molecule has 1 aliphatic rings. The monoisotopic (exact) mass is 179 g/mol. The van der Waals surface area contributed by atoms with E-state index in [1.165, 1.54) is 0 Å². The highest BCUT2D eigenvalue weighted by molar-refractivity contribution is 5.93. The highest BCUT2D eigenvalue weighted by atomic mass is 16.1. The Labute approximate surface area is 76.8 Å². The normalized spacial score (nSPS) is 16.2. The van der Waals surface area contributed by atoms with Crippen molar-refractivity contribution in [1.29, 1.82) is 0 Å². The third-order valence-electron chi connectivity index (χ3n) is 2.27. The van der Waals surface area contributed by atoms with Gasteiger partial charge in [-0.15, -0.1) is 0 Å². The lowest BCUT2D eigenvalue weighted by molar-refractivity contribution is 0.0951. The molecule has 0 unspecified atom stereocenters. The highest BCUT2D eigenvalue weighted by Gasteiger charge is 2.18. The Morgan fingerprint density at radius 3 is 3.15 bits per heavy atom. The lowest BCUT2D eigenvalue weighted by Crippen LogP contribution is -2.23. The number of aromatic amines is 1. The minimum atomic E-state index is -0.0385. The van der Waals surface area contributed by atoms with Gasteiger partial charge in [0.25, 0.3) is 5.91 Å². The first-order valence-electron chi connectivity index (χ1n) is 4.67. The van der Waals surface area contributed by atoms with E-state index in [-0.39, 0.29) is 5.91 Å². The van der Waals surface area contributed by atoms with Gasteiger partial charge in [0.1, 0.15) is 11.5 Å². The number of rotatable bonds is 1. The summed E-state index contributed by atoms with van der Waals surface area (Å²) in [4.78, 5) is 18.9. The summed E-state index contributed by atoms with van der Waals surface area (Å²) in [7, 11) is 0. The topological polar surface area (TPSA) is 57.8 Å². The maximum atomic E-state index is 11.4. The van der Waals surface area contributed by atoms with Crippen LogP contribution in [0.4, 0.5) is 0 Å². The molecule has 0 radical (unpaired) electrons. The van der Waals surface area contributed by atoms with Crippen molar-refractivity contribution in [3.63, 3.8) is 0 Å². The van der Waals surface area contributed by atoms with E-state index in [0.717, 1.165) is 37.3 Å². The maximum Gasteiger partial charge on any atom is 0.271 e. The summed E-state index contributed by atoms with van der Waals surface area (Å²) in [5, 5.41) is 2.82. The molecule has 0 spiro atoms. The summed E-state index contributed by atoms with van der Waals surface area (Å²) in [5.74, 6) is 0.866. The summed E-state index contributed by atoms with van der Waals surface area (Å²) >= 11 is 0. The van der Waals surface area contributed by atoms with Crippen molar-refractivity contribution in [2.45, 2.75) is 26.2 Å². The Bertz CT molecular complexity index is 330. The number of H-pyrrole nitrogens is 1. The minimum absolute atomic E-state index is 0.0385. The van der Waals surface area contributed by atoms with Crippen LogP contribution in [-0.2, 0) is 12.8 Å². The maximum absolute atomic E-state index is 11.4. The van der Waals surface area contributed by atoms with Crippen LogP contribution < -0.4 is 5.32 Å². The summed E-state index contributed by atoms with van der Waals surface area (Å²) in [6, 6.07) is 0. The molecule has 0 saturated heterocycles. The number of hydrogen-bond donors (Lipinski definition) is 2. The van der Waals surface area contributed by atoms with E-state index < -0.39 is 0 Å². The van der Waals surface area contributed by atoms with Gasteiger partial charge in [0.15, 0.2) is 0 Å². The lowest BCUT2D eigenvalue weighted by Gasteiger charge is -1.95. The van der Waals surface area contributed by atoms with Gasteiger partial charge in [0, 0.05) is 18.7 Å². The molecule has 1 aromatic rings. The Morgan fingerprint density at radius 1 is 1.54 bits per heavy atom. The number of aromatic nitrogens is 2. The van der Waals surface area contributed by atoms with Crippen LogP contribution in [0.5, 0.6) is 0 Å². The van der Waals surface area contributed by atoms with Crippen LogP contribution in [0, 0.1) is 0 Å². The molecule has 0 aliphatic carbocycles. The van der Waals surface area contributed by atoms with Crippen molar-refractivity contribution in [3.05, 3.63) is 17.2 Å². The van der Waals surface area contributed by atoms with Gasteiger partial charge in [0.05, 0.1) is 0 Å². The van der Waals surface area contributed by atoms with Crippen LogP contribution in [0.3, 0.4) is 0 Å². The predicted molar refractivity (Wildman–Crippen MR) is 48.6 cm³/mol. The van der Waals surface area contributed by atoms with E-state index in [4.69, 9.17) is 0 Å². The Kier molecular flexibility index (Phi) is 2.04. The fraction of sp³-hybridized carbons (Fsp3) is 0.556. The summed E-state index contributed by atoms with van der Waals surface area (Å²) in [6.45, 7) is 2.78. The van der Waals surface area contributed by atoms with Gasteiger partial charge in [-0.1, -0.05) is 6.92 Å². The summed E-state index contributed by atoms with van der Waals surface area (Å²) in [6.07, 6.45) is 2.76. The van der Waals surface area contributed by atoms with Crippen LogP contribution in [0.25, 0.3) is 0 Å². The minimum Gasteiger partial charge on any atom is -0.351 e. The molecule has 2 N–H and O–H groups in total. The first-order valence-corrected chi connectivity index (χ1v) is 4.67. The third-order valence-corrected chi connectivity index (χ3v) is 2.27. The van der Waals surface area contributed by atoms with E-state index in [1.54, 1.807) is 0 Å². The number of aryl methyl sites for hydroxylation is 2. The Balaban J connectivity index is 2.39. The van der Waals surface area contributed by atoms with Gasteiger partial charge in [0.2, 0.25) is 0 Å². The first kappa shape index (κ1) is 8.29. The SMILES string of the molecule is CCc1nc2c([nH]1)CCCNC2=O. The molecular formula is C9H13N3O. The van der Waals surface area contributed by atoms with Crippen LogP contribution in [-0.4, -0.2) is 22.4 Å². The summed E-state index contributed by atoms with van der Waals surface area (Å²) in [5.41, 5.74) is 1.58. The van der Waals surface area contributed by atoms with Crippen molar-refractivity contribution < 1.29 is 4.79 Å².